The van der Waals surface area contributed by atoms with E-state index in [4.69, 9.17) is 19.2 Å². The zero-order valence-electron chi connectivity index (χ0n) is 20.9. The number of aryl methyl sites for hydroxylation is 1. The van der Waals surface area contributed by atoms with Crippen LogP contribution in [0.3, 0.4) is 0 Å². The maximum atomic E-state index is 14.0. The van der Waals surface area contributed by atoms with Crippen molar-refractivity contribution in [2.45, 2.75) is 18.9 Å². The molecule has 3 aromatic carbocycles. The van der Waals surface area contributed by atoms with Crippen molar-refractivity contribution in [2.75, 3.05) is 21.3 Å². The second-order valence-corrected chi connectivity index (χ2v) is 9.97. The summed E-state index contributed by atoms with van der Waals surface area (Å²) in [6.07, 6.45) is 3.58. The normalized spacial score (nSPS) is 16.4. The van der Waals surface area contributed by atoms with Gasteiger partial charge in [-0.1, -0.05) is 53.8 Å². The van der Waals surface area contributed by atoms with Gasteiger partial charge in [0, 0.05) is 16.7 Å². The number of methoxy groups -OCH3 is 3. The molecule has 0 N–H and O–H groups in total. The standard InChI is InChI=1S/C30H26N2O4S/c1-34-20-13-15-25(36-3)23(17-20)28-22-14-12-18-8-4-6-10-21(18)27(22)31-30-32(28)29(33)26(37-30)16-19-9-5-7-11-24(19)35-2/h4-11,13,15-17,28H,12,14H2,1-3H3. The maximum Gasteiger partial charge on any atom is 0.271 e. The van der Waals surface area contributed by atoms with Crippen LogP contribution in [0.25, 0.3) is 11.8 Å². The van der Waals surface area contributed by atoms with Gasteiger partial charge in [-0.25, -0.2) is 4.99 Å². The summed E-state index contributed by atoms with van der Waals surface area (Å²) >= 11 is 1.39. The summed E-state index contributed by atoms with van der Waals surface area (Å²) in [7, 11) is 4.93. The lowest BCUT2D eigenvalue weighted by atomic mass is 9.83. The number of thiazole rings is 1. The van der Waals surface area contributed by atoms with Crippen molar-refractivity contribution in [3.05, 3.63) is 114 Å². The van der Waals surface area contributed by atoms with Crippen LogP contribution in [0.4, 0.5) is 0 Å². The van der Waals surface area contributed by atoms with Crippen LogP contribution in [-0.4, -0.2) is 25.9 Å². The summed E-state index contributed by atoms with van der Waals surface area (Å²) in [5.41, 5.74) is 6.10. The van der Waals surface area contributed by atoms with Gasteiger partial charge in [-0.2, -0.15) is 0 Å². The molecular weight excluding hydrogens is 484 g/mol. The van der Waals surface area contributed by atoms with E-state index in [9.17, 15) is 4.79 Å². The largest absolute Gasteiger partial charge is 0.497 e. The minimum Gasteiger partial charge on any atom is -0.497 e. The number of nitrogens with zero attached hydrogens (tertiary/aromatic N) is 2. The van der Waals surface area contributed by atoms with E-state index < -0.39 is 0 Å². The molecule has 6 nitrogen and oxygen atoms in total. The molecule has 0 spiro atoms. The lowest BCUT2D eigenvalue weighted by molar-refractivity contribution is 0.392. The van der Waals surface area contributed by atoms with Crippen LogP contribution in [0.15, 0.2) is 82.1 Å². The third-order valence-corrected chi connectivity index (χ3v) is 8.01. The van der Waals surface area contributed by atoms with Crippen LogP contribution in [-0.2, 0) is 6.42 Å². The number of ether oxygens (including phenoxy) is 3. The van der Waals surface area contributed by atoms with Gasteiger partial charge in [0.2, 0.25) is 0 Å². The van der Waals surface area contributed by atoms with E-state index in [0.29, 0.717) is 26.6 Å². The lowest BCUT2D eigenvalue weighted by Gasteiger charge is -2.31. The summed E-state index contributed by atoms with van der Waals surface area (Å²) in [5, 5.41) is 0. The van der Waals surface area contributed by atoms with E-state index in [0.717, 1.165) is 40.8 Å². The third-order valence-electron chi connectivity index (χ3n) is 7.03. The minimum absolute atomic E-state index is 0.0880. The molecule has 1 aliphatic heterocycles. The van der Waals surface area contributed by atoms with E-state index in [1.165, 1.54) is 16.9 Å². The molecule has 1 atom stereocenters. The Morgan fingerprint density at radius 1 is 0.919 bits per heavy atom. The highest BCUT2D eigenvalue weighted by Gasteiger charge is 2.34. The number of allylic oxidation sites excluding steroid dienone is 1. The van der Waals surface area contributed by atoms with Crippen molar-refractivity contribution in [3.63, 3.8) is 0 Å². The number of fused-ring (bicyclic) bond motifs is 3. The fraction of sp³-hybridized carbons (Fsp3) is 0.200. The zero-order valence-corrected chi connectivity index (χ0v) is 21.7. The first kappa shape index (κ1) is 23.3. The average Bonchev–Trinajstić information content (AvgIpc) is 3.25. The fourth-order valence-corrected chi connectivity index (χ4v) is 6.27. The predicted molar refractivity (Wildman–Crippen MR) is 145 cm³/mol. The predicted octanol–water partition coefficient (Wildman–Crippen LogP) is 4.34. The van der Waals surface area contributed by atoms with E-state index >= 15 is 0 Å². The summed E-state index contributed by atoms with van der Waals surface area (Å²) in [4.78, 5) is 19.8. The van der Waals surface area contributed by atoms with E-state index in [2.05, 4.69) is 18.2 Å². The van der Waals surface area contributed by atoms with Crippen molar-refractivity contribution in [3.8, 4) is 17.2 Å². The van der Waals surface area contributed by atoms with Gasteiger partial charge >= 0.3 is 0 Å². The summed E-state index contributed by atoms with van der Waals surface area (Å²) < 4.78 is 19.3. The fourth-order valence-electron chi connectivity index (χ4n) is 5.28. The second-order valence-electron chi connectivity index (χ2n) is 8.96. The van der Waals surface area contributed by atoms with Crippen LogP contribution >= 0.6 is 11.3 Å². The van der Waals surface area contributed by atoms with Gasteiger partial charge in [0.15, 0.2) is 4.80 Å². The highest BCUT2D eigenvalue weighted by Crippen LogP contribution is 2.44. The van der Waals surface area contributed by atoms with E-state index in [-0.39, 0.29) is 11.6 Å². The van der Waals surface area contributed by atoms with Gasteiger partial charge in [0.05, 0.1) is 37.6 Å². The molecule has 6 rings (SSSR count). The Morgan fingerprint density at radius 3 is 2.51 bits per heavy atom. The summed E-state index contributed by atoms with van der Waals surface area (Å²) in [5.74, 6) is 2.13. The Morgan fingerprint density at radius 2 is 1.70 bits per heavy atom. The zero-order chi connectivity index (χ0) is 25.5. The van der Waals surface area contributed by atoms with E-state index in [1.54, 1.807) is 21.3 Å². The van der Waals surface area contributed by atoms with Gasteiger partial charge in [-0.3, -0.25) is 9.36 Å². The van der Waals surface area contributed by atoms with E-state index in [1.807, 2.05) is 59.2 Å². The lowest BCUT2D eigenvalue weighted by Crippen LogP contribution is -2.39. The minimum atomic E-state index is -0.357. The van der Waals surface area contributed by atoms with Crippen molar-refractivity contribution >= 4 is 23.1 Å². The smallest absolute Gasteiger partial charge is 0.271 e. The Hall–Kier alpha value is -4.10. The Bertz CT molecular complexity index is 1730. The van der Waals surface area contributed by atoms with Gasteiger partial charge in [-0.15, -0.1) is 0 Å². The van der Waals surface area contributed by atoms with Crippen molar-refractivity contribution in [2.24, 2.45) is 4.99 Å². The molecule has 1 aliphatic carbocycles. The first-order valence-corrected chi connectivity index (χ1v) is 12.9. The molecule has 1 unspecified atom stereocenters. The molecule has 0 saturated heterocycles. The molecule has 0 amide bonds. The highest BCUT2D eigenvalue weighted by atomic mass is 32.1. The number of hydrogen-bond donors (Lipinski definition) is 0. The van der Waals surface area contributed by atoms with Crippen LogP contribution in [0.2, 0.25) is 0 Å². The van der Waals surface area contributed by atoms with Gasteiger partial charge in [-0.05, 0) is 54.3 Å². The van der Waals surface area contributed by atoms with Gasteiger partial charge in [0.1, 0.15) is 17.2 Å². The molecular formula is C30H26N2O4S. The number of para-hydroxylation sites is 1. The monoisotopic (exact) mass is 510 g/mol. The molecule has 37 heavy (non-hydrogen) atoms. The quantitative estimate of drug-likeness (QED) is 0.401. The molecule has 0 radical (unpaired) electrons. The Balaban J connectivity index is 1.66. The molecule has 0 fully saturated rings. The summed E-state index contributed by atoms with van der Waals surface area (Å²) in [6.45, 7) is 0. The van der Waals surface area contributed by atoms with Crippen molar-refractivity contribution in [1.82, 2.24) is 4.57 Å². The molecule has 1 aromatic heterocycles. The number of rotatable bonds is 5. The molecule has 7 heteroatoms. The SMILES string of the molecule is COc1ccc(OC)c(C2C3=C(N=c4sc(=Cc5ccccc5OC)c(=O)n42)c2ccccc2CC3)c1. The third kappa shape index (κ3) is 3.86. The van der Waals surface area contributed by atoms with Crippen molar-refractivity contribution in [1.29, 1.82) is 0 Å². The van der Waals surface area contributed by atoms with Crippen LogP contribution in [0.5, 0.6) is 17.2 Å². The highest BCUT2D eigenvalue weighted by molar-refractivity contribution is 7.07. The average molecular weight is 511 g/mol. The number of aromatic nitrogens is 1. The van der Waals surface area contributed by atoms with Crippen molar-refractivity contribution < 1.29 is 14.2 Å². The number of hydrogen-bond acceptors (Lipinski definition) is 6. The van der Waals surface area contributed by atoms with Crippen LogP contribution in [0, 0.1) is 0 Å². The Labute approximate surface area is 218 Å². The maximum absolute atomic E-state index is 14.0. The topological polar surface area (TPSA) is 62.0 Å². The molecule has 0 bridgehead atoms. The molecule has 2 aliphatic rings. The molecule has 0 saturated carbocycles. The second kappa shape index (κ2) is 9.41. The molecule has 186 valence electrons. The van der Waals surface area contributed by atoms with Crippen LogP contribution in [0.1, 0.15) is 34.7 Å². The molecule has 2 heterocycles. The first-order chi connectivity index (χ1) is 18.1. The van der Waals surface area contributed by atoms with Gasteiger partial charge in [0.25, 0.3) is 5.56 Å². The first-order valence-electron chi connectivity index (χ1n) is 12.1. The van der Waals surface area contributed by atoms with Crippen LogP contribution < -0.4 is 29.1 Å². The van der Waals surface area contributed by atoms with Gasteiger partial charge < -0.3 is 14.2 Å². The Kier molecular flexibility index (Phi) is 5.93. The summed E-state index contributed by atoms with van der Waals surface area (Å²) in [6, 6.07) is 21.5. The number of benzene rings is 3. The molecule has 4 aromatic rings.